The molecule has 6 heteroatoms. The van der Waals surface area contributed by atoms with Crippen LogP contribution < -0.4 is 4.74 Å². The minimum absolute atomic E-state index is 0.0338. The minimum Gasteiger partial charge on any atom is -0.481 e. The molecule has 6 nitrogen and oxygen atoms in total. The third-order valence-corrected chi connectivity index (χ3v) is 4.52. The topological polar surface area (TPSA) is 68.7 Å². The first kappa shape index (κ1) is 15.5. The average Bonchev–Trinajstić information content (AvgIpc) is 2.61. The molecule has 0 aliphatic carbocycles. The lowest BCUT2D eigenvalue weighted by Gasteiger charge is -2.43. The highest BCUT2D eigenvalue weighted by atomic mass is 16.5. The van der Waals surface area contributed by atoms with E-state index in [4.69, 9.17) is 9.47 Å². The van der Waals surface area contributed by atoms with E-state index in [2.05, 4.69) is 4.98 Å². The van der Waals surface area contributed by atoms with Crippen molar-refractivity contribution in [3.63, 3.8) is 0 Å². The number of aromatic nitrogens is 1. The molecule has 0 bridgehead atoms. The molecular formula is C17H20N2O4. The Hall–Kier alpha value is -2.37. The van der Waals surface area contributed by atoms with Crippen molar-refractivity contribution in [1.29, 1.82) is 0 Å². The molecule has 0 spiro atoms. The predicted octanol–water partition coefficient (Wildman–Crippen LogP) is 1.67. The Labute approximate surface area is 135 Å². The second-order valence-corrected chi connectivity index (χ2v) is 5.74. The van der Waals surface area contributed by atoms with E-state index >= 15 is 0 Å². The summed E-state index contributed by atoms with van der Waals surface area (Å²) in [7, 11) is 2.94. The standard InChI is InChI=1S/C17H20N2O4/c1-22-14-7-3-6-13(18-14)11-5-4-10-19-15(20)9-8-12(16(11)19)17(21)23-2/h3,6-8,11,16H,4-5,9-10H2,1-2H3/t11-,16-/m1/s1. The van der Waals surface area contributed by atoms with E-state index in [-0.39, 0.29) is 30.3 Å². The summed E-state index contributed by atoms with van der Waals surface area (Å²) in [6, 6.07) is 5.28. The van der Waals surface area contributed by atoms with Crippen LogP contribution in [0.3, 0.4) is 0 Å². The summed E-state index contributed by atoms with van der Waals surface area (Å²) in [5.74, 6) is 0.177. The van der Waals surface area contributed by atoms with Gasteiger partial charge in [0.2, 0.25) is 11.8 Å². The third kappa shape index (κ3) is 2.81. The Morgan fingerprint density at radius 2 is 2.17 bits per heavy atom. The summed E-state index contributed by atoms with van der Waals surface area (Å²) in [5, 5.41) is 0. The average molecular weight is 316 g/mol. The molecule has 1 aromatic heterocycles. The molecule has 0 aromatic carbocycles. The number of amides is 1. The van der Waals surface area contributed by atoms with Crippen LogP contribution in [0.1, 0.15) is 30.9 Å². The molecule has 1 aromatic rings. The minimum atomic E-state index is -0.373. The molecule has 0 unspecified atom stereocenters. The molecule has 2 aliphatic rings. The normalized spacial score (nSPS) is 23.8. The van der Waals surface area contributed by atoms with Crippen molar-refractivity contribution in [2.24, 2.45) is 0 Å². The maximum Gasteiger partial charge on any atom is 0.335 e. The number of rotatable bonds is 3. The van der Waals surface area contributed by atoms with Gasteiger partial charge in [0.25, 0.3) is 0 Å². The summed E-state index contributed by atoms with van der Waals surface area (Å²) in [6.07, 6.45) is 3.70. The largest absolute Gasteiger partial charge is 0.481 e. The van der Waals surface area contributed by atoms with Gasteiger partial charge in [-0.05, 0) is 18.9 Å². The van der Waals surface area contributed by atoms with Crippen molar-refractivity contribution in [3.8, 4) is 5.88 Å². The lowest BCUT2D eigenvalue weighted by atomic mass is 9.80. The monoisotopic (exact) mass is 316 g/mol. The summed E-state index contributed by atoms with van der Waals surface area (Å²) >= 11 is 0. The van der Waals surface area contributed by atoms with Crippen molar-refractivity contribution < 1.29 is 19.1 Å². The maximum absolute atomic E-state index is 12.3. The van der Waals surface area contributed by atoms with E-state index in [1.54, 1.807) is 24.2 Å². The van der Waals surface area contributed by atoms with Gasteiger partial charge in [0.05, 0.1) is 25.8 Å². The van der Waals surface area contributed by atoms with Crippen molar-refractivity contribution >= 4 is 11.9 Å². The first-order chi connectivity index (χ1) is 11.2. The summed E-state index contributed by atoms with van der Waals surface area (Å²) < 4.78 is 10.1. The number of carbonyl (C=O) groups is 2. The highest BCUT2D eigenvalue weighted by Gasteiger charge is 2.42. The number of pyridine rings is 1. The van der Waals surface area contributed by atoms with Crippen LogP contribution in [-0.2, 0) is 14.3 Å². The molecule has 1 saturated heterocycles. The van der Waals surface area contributed by atoms with E-state index in [9.17, 15) is 9.59 Å². The second-order valence-electron chi connectivity index (χ2n) is 5.74. The van der Waals surface area contributed by atoms with Crippen LogP contribution >= 0.6 is 0 Å². The van der Waals surface area contributed by atoms with Gasteiger partial charge in [-0.2, -0.15) is 0 Å². The van der Waals surface area contributed by atoms with Gasteiger partial charge in [-0.15, -0.1) is 0 Å². The van der Waals surface area contributed by atoms with E-state index in [0.717, 1.165) is 18.5 Å². The summed E-state index contributed by atoms with van der Waals surface area (Å²) in [6.45, 7) is 0.665. The Morgan fingerprint density at radius 3 is 2.91 bits per heavy atom. The number of esters is 1. The number of hydrogen-bond donors (Lipinski definition) is 0. The van der Waals surface area contributed by atoms with Gasteiger partial charge in [0.15, 0.2) is 0 Å². The Morgan fingerprint density at radius 1 is 1.35 bits per heavy atom. The molecule has 2 atom stereocenters. The van der Waals surface area contributed by atoms with Crippen molar-refractivity contribution in [1.82, 2.24) is 9.88 Å². The highest BCUT2D eigenvalue weighted by molar-refractivity contribution is 5.94. The molecule has 0 N–H and O–H groups in total. The number of piperidine rings is 1. The Balaban J connectivity index is 2.01. The van der Waals surface area contributed by atoms with Crippen LogP contribution in [0.5, 0.6) is 5.88 Å². The maximum atomic E-state index is 12.3. The van der Waals surface area contributed by atoms with Gasteiger partial charge in [0.1, 0.15) is 0 Å². The van der Waals surface area contributed by atoms with Gasteiger partial charge < -0.3 is 14.4 Å². The quantitative estimate of drug-likeness (QED) is 0.793. The fraction of sp³-hybridized carbons (Fsp3) is 0.471. The van der Waals surface area contributed by atoms with Crippen LogP contribution in [0.2, 0.25) is 0 Å². The number of nitrogens with zero attached hydrogens (tertiary/aromatic N) is 2. The van der Waals surface area contributed by atoms with Crippen molar-refractivity contribution in [3.05, 3.63) is 35.5 Å². The van der Waals surface area contributed by atoms with Crippen LogP contribution in [0.15, 0.2) is 29.8 Å². The number of methoxy groups -OCH3 is 2. The fourth-order valence-electron chi connectivity index (χ4n) is 3.48. The van der Waals surface area contributed by atoms with E-state index in [1.165, 1.54) is 7.11 Å². The van der Waals surface area contributed by atoms with Crippen LogP contribution in [0.25, 0.3) is 0 Å². The first-order valence-corrected chi connectivity index (χ1v) is 7.74. The summed E-state index contributed by atoms with van der Waals surface area (Å²) in [4.78, 5) is 30.7. The Kier molecular flexibility index (Phi) is 4.32. The van der Waals surface area contributed by atoms with Gasteiger partial charge in [-0.3, -0.25) is 4.79 Å². The zero-order chi connectivity index (χ0) is 16.4. The molecule has 2 aliphatic heterocycles. The van der Waals surface area contributed by atoms with Crippen LogP contribution in [0, 0.1) is 0 Å². The molecule has 3 heterocycles. The molecule has 3 rings (SSSR count). The molecule has 23 heavy (non-hydrogen) atoms. The van der Waals surface area contributed by atoms with Crippen molar-refractivity contribution in [2.45, 2.75) is 31.2 Å². The lowest BCUT2D eigenvalue weighted by Crippen LogP contribution is -2.52. The van der Waals surface area contributed by atoms with Gasteiger partial charge in [-0.1, -0.05) is 12.1 Å². The van der Waals surface area contributed by atoms with Gasteiger partial charge in [0, 0.05) is 30.6 Å². The molecular weight excluding hydrogens is 296 g/mol. The third-order valence-electron chi connectivity index (χ3n) is 4.52. The fourth-order valence-corrected chi connectivity index (χ4v) is 3.48. The van der Waals surface area contributed by atoms with Gasteiger partial charge >= 0.3 is 5.97 Å². The molecule has 1 amide bonds. The van der Waals surface area contributed by atoms with Gasteiger partial charge in [-0.25, -0.2) is 9.78 Å². The van der Waals surface area contributed by atoms with Crippen LogP contribution in [-0.4, -0.2) is 48.6 Å². The zero-order valence-corrected chi connectivity index (χ0v) is 13.3. The number of fused-ring (bicyclic) bond motifs is 1. The first-order valence-electron chi connectivity index (χ1n) is 7.74. The predicted molar refractivity (Wildman–Crippen MR) is 83.0 cm³/mol. The summed E-state index contributed by atoms with van der Waals surface area (Å²) in [5.41, 5.74) is 1.39. The second kappa shape index (κ2) is 6.40. The number of hydrogen-bond acceptors (Lipinski definition) is 5. The molecule has 1 fully saturated rings. The smallest absolute Gasteiger partial charge is 0.335 e. The number of carbonyl (C=O) groups excluding carboxylic acids is 2. The van der Waals surface area contributed by atoms with E-state index < -0.39 is 0 Å². The van der Waals surface area contributed by atoms with E-state index in [0.29, 0.717) is 18.0 Å². The highest BCUT2D eigenvalue weighted by Crippen LogP contribution is 2.38. The molecule has 0 saturated carbocycles. The SMILES string of the molecule is COC(=O)C1=CCC(=O)N2CCC[C@H](c3cccc(OC)n3)[C@H]12. The zero-order valence-electron chi connectivity index (χ0n) is 13.3. The van der Waals surface area contributed by atoms with E-state index in [1.807, 2.05) is 12.1 Å². The van der Waals surface area contributed by atoms with Crippen LogP contribution in [0.4, 0.5) is 0 Å². The molecule has 0 radical (unpaired) electrons. The lowest BCUT2D eigenvalue weighted by molar-refractivity contribution is -0.140. The Bertz CT molecular complexity index is 656. The number of ether oxygens (including phenoxy) is 2. The molecule has 122 valence electrons. The van der Waals surface area contributed by atoms with Crippen molar-refractivity contribution in [2.75, 3.05) is 20.8 Å².